The molecule has 2 aromatic rings. The van der Waals surface area contributed by atoms with E-state index in [2.05, 4.69) is 29.8 Å². The molecular weight excluding hydrogens is 446 g/mol. The fourth-order valence-electron chi connectivity index (χ4n) is 3.07. The summed E-state index contributed by atoms with van der Waals surface area (Å²) in [6, 6.07) is 14.9. The van der Waals surface area contributed by atoms with Gasteiger partial charge in [0.2, 0.25) is 5.91 Å². The third-order valence-corrected chi connectivity index (χ3v) is 4.93. The summed E-state index contributed by atoms with van der Waals surface area (Å²) >= 11 is 0. The van der Waals surface area contributed by atoms with Crippen LogP contribution in [0.3, 0.4) is 0 Å². The summed E-state index contributed by atoms with van der Waals surface area (Å²) in [5.41, 5.74) is 2.06. The minimum Gasteiger partial charge on any atom is -0.481 e. The molecule has 3 amide bonds. The second-order valence-corrected chi connectivity index (χ2v) is 9.63. The van der Waals surface area contributed by atoms with Crippen LogP contribution in [0.4, 0.5) is 10.5 Å². The van der Waals surface area contributed by atoms with Crippen molar-refractivity contribution in [2.24, 2.45) is 0 Å². The van der Waals surface area contributed by atoms with Gasteiger partial charge in [0.25, 0.3) is 5.91 Å². The topological polar surface area (TPSA) is 106 Å². The molecular formula is C27H37N3O5. The zero-order valence-electron chi connectivity index (χ0n) is 21.4. The van der Waals surface area contributed by atoms with E-state index in [1.165, 1.54) is 5.56 Å². The fourth-order valence-corrected chi connectivity index (χ4v) is 3.07. The molecule has 190 valence electrons. The van der Waals surface area contributed by atoms with Crippen LogP contribution in [0.1, 0.15) is 65.0 Å². The first-order valence-electron chi connectivity index (χ1n) is 11.8. The van der Waals surface area contributed by atoms with Gasteiger partial charge in [-0.1, -0.05) is 38.1 Å². The maximum absolute atomic E-state index is 12.6. The zero-order valence-corrected chi connectivity index (χ0v) is 21.4. The molecule has 0 bridgehead atoms. The Balaban J connectivity index is 1.78. The van der Waals surface area contributed by atoms with Crippen LogP contribution in [0, 0.1) is 0 Å². The smallest absolute Gasteiger partial charge is 0.407 e. The van der Waals surface area contributed by atoms with Crippen LogP contribution in [0.5, 0.6) is 5.75 Å². The molecule has 35 heavy (non-hydrogen) atoms. The molecule has 0 fully saturated rings. The van der Waals surface area contributed by atoms with E-state index >= 15 is 0 Å². The highest BCUT2D eigenvalue weighted by atomic mass is 16.6. The highest BCUT2D eigenvalue weighted by Gasteiger charge is 2.17. The molecule has 2 aromatic carbocycles. The van der Waals surface area contributed by atoms with E-state index in [0.717, 1.165) is 5.56 Å². The Morgan fingerprint density at radius 1 is 0.943 bits per heavy atom. The quantitative estimate of drug-likeness (QED) is 0.452. The van der Waals surface area contributed by atoms with Crippen molar-refractivity contribution in [3.63, 3.8) is 0 Å². The number of rotatable bonds is 10. The number of alkyl carbamates (subject to hydrolysis) is 1. The Kier molecular flexibility index (Phi) is 10.1. The first-order chi connectivity index (χ1) is 16.4. The summed E-state index contributed by atoms with van der Waals surface area (Å²) in [4.78, 5) is 36.3. The van der Waals surface area contributed by atoms with Gasteiger partial charge in [-0.05, 0) is 69.0 Å². The lowest BCUT2D eigenvalue weighted by atomic mass is 10.0. The van der Waals surface area contributed by atoms with Gasteiger partial charge in [0, 0.05) is 25.2 Å². The molecule has 0 aromatic heterocycles. The lowest BCUT2D eigenvalue weighted by Gasteiger charge is -2.19. The summed E-state index contributed by atoms with van der Waals surface area (Å²) in [5.74, 6) is 0.582. The van der Waals surface area contributed by atoms with Crippen molar-refractivity contribution >= 4 is 23.6 Å². The van der Waals surface area contributed by atoms with Gasteiger partial charge >= 0.3 is 6.09 Å². The maximum Gasteiger partial charge on any atom is 0.407 e. The van der Waals surface area contributed by atoms with Crippen molar-refractivity contribution in [2.75, 3.05) is 11.9 Å². The number of ether oxygens (including phenoxy) is 2. The molecule has 1 unspecified atom stereocenters. The van der Waals surface area contributed by atoms with Crippen molar-refractivity contribution in [1.29, 1.82) is 0 Å². The van der Waals surface area contributed by atoms with Crippen LogP contribution >= 0.6 is 0 Å². The molecule has 8 nitrogen and oxygen atoms in total. The van der Waals surface area contributed by atoms with E-state index in [4.69, 9.17) is 9.47 Å². The SMILES string of the molecule is CC(Oc1ccc(C(C)C)cc1)C(=O)Nc1cccc(CNC(=O)CCNC(=O)OC(C)(C)C)c1. The molecule has 0 radical (unpaired) electrons. The normalized spacial score (nSPS) is 12.0. The second-order valence-electron chi connectivity index (χ2n) is 9.63. The average molecular weight is 484 g/mol. The Hall–Kier alpha value is -3.55. The van der Waals surface area contributed by atoms with Crippen molar-refractivity contribution in [3.8, 4) is 5.75 Å². The molecule has 0 saturated heterocycles. The van der Waals surface area contributed by atoms with Gasteiger partial charge in [0.15, 0.2) is 6.10 Å². The van der Waals surface area contributed by atoms with E-state index in [1.807, 2.05) is 30.3 Å². The molecule has 2 rings (SSSR count). The van der Waals surface area contributed by atoms with E-state index < -0.39 is 17.8 Å². The minimum atomic E-state index is -0.680. The number of carbonyl (C=O) groups is 3. The monoisotopic (exact) mass is 483 g/mol. The summed E-state index contributed by atoms with van der Waals surface area (Å²) in [5, 5.41) is 8.20. The number of hydrogen-bond acceptors (Lipinski definition) is 5. The van der Waals surface area contributed by atoms with E-state index in [1.54, 1.807) is 45.9 Å². The van der Waals surface area contributed by atoms with E-state index in [9.17, 15) is 14.4 Å². The van der Waals surface area contributed by atoms with Crippen molar-refractivity contribution in [2.45, 2.75) is 72.1 Å². The Bertz CT molecular complexity index is 997. The van der Waals surface area contributed by atoms with E-state index in [-0.39, 0.29) is 24.8 Å². The largest absolute Gasteiger partial charge is 0.481 e. The van der Waals surface area contributed by atoms with Gasteiger partial charge in [-0.3, -0.25) is 9.59 Å². The predicted molar refractivity (Wildman–Crippen MR) is 136 cm³/mol. The second kappa shape index (κ2) is 12.8. The van der Waals surface area contributed by atoms with Gasteiger partial charge in [0.05, 0.1) is 0 Å². The standard InChI is InChI=1S/C27H37N3O5/c1-18(2)21-10-12-23(13-11-21)34-19(3)25(32)30-22-9-7-8-20(16-22)17-29-24(31)14-15-28-26(33)35-27(4,5)6/h7-13,16,18-19H,14-15,17H2,1-6H3,(H,28,33)(H,29,31)(H,30,32). The highest BCUT2D eigenvalue weighted by molar-refractivity contribution is 5.94. The summed E-state index contributed by atoms with van der Waals surface area (Å²) in [6.07, 6.45) is -1.11. The van der Waals surface area contributed by atoms with Gasteiger partial charge in [-0.2, -0.15) is 0 Å². The van der Waals surface area contributed by atoms with Gasteiger partial charge in [0.1, 0.15) is 11.4 Å². The molecule has 3 N–H and O–H groups in total. The Morgan fingerprint density at radius 2 is 1.63 bits per heavy atom. The van der Waals surface area contributed by atoms with Gasteiger partial charge in [-0.25, -0.2) is 4.79 Å². The van der Waals surface area contributed by atoms with Crippen LogP contribution in [0.15, 0.2) is 48.5 Å². The number of benzene rings is 2. The zero-order chi connectivity index (χ0) is 26.0. The van der Waals surface area contributed by atoms with Gasteiger partial charge in [-0.15, -0.1) is 0 Å². The number of carbonyl (C=O) groups excluding carboxylic acids is 3. The number of anilines is 1. The van der Waals surface area contributed by atoms with Crippen LogP contribution < -0.4 is 20.7 Å². The molecule has 1 atom stereocenters. The van der Waals surface area contributed by atoms with Crippen LogP contribution in [0.25, 0.3) is 0 Å². The number of amides is 3. The minimum absolute atomic E-state index is 0.128. The summed E-state index contributed by atoms with van der Waals surface area (Å²) < 4.78 is 10.9. The fraction of sp³-hybridized carbons (Fsp3) is 0.444. The van der Waals surface area contributed by atoms with Crippen LogP contribution in [-0.4, -0.2) is 36.2 Å². The molecule has 0 aliphatic heterocycles. The predicted octanol–water partition coefficient (Wildman–Crippen LogP) is 4.75. The van der Waals surface area contributed by atoms with E-state index in [0.29, 0.717) is 23.9 Å². The average Bonchev–Trinajstić information content (AvgIpc) is 2.77. The van der Waals surface area contributed by atoms with Gasteiger partial charge < -0.3 is 25.4 Å². The maximum atomic E-state index is 12.6. The van der Waals surface area contributed by atoms with Crippen molar-refractivity contribution < 1.29 is 23.9 Å². The number of hydrogen-bond donors (Lipinski definition) is 3. The van der Waals surface area contributed by atoms with Crippen molar-refractivity contribution in [3.05, 3.63) is 59.7 Å². The lowest BCUT2D eigenvalue weighted by Crippen LogP contribution is -2.35. The van der Waals surface area contributed by atoms with Crippen LogP contribution in [0.2, 0.25) is 0 Å². The highest BCUT2D eigenvalue weighted by Crippen LogP contribution is 2.20. The van der Waals surface area contributed by atoms with Crippen molar-refractivity contribution in [1.82, 2.24) is 10.6 Å². The molecule has 8 heteroatoms. The number of nitrogens with one attached hydrogen (secondary N) is 3. The Morgan fingerprint density at radius 3 is 2.26 bits per heavy atom. The summed E-state index contributed by atoms with van der Waals surface area (Å²) in [6.45, 7) is 11.7. The third-order valence-electron chi connectivity index (χ3n) is 4.93. The first kappa shape index (κ1) is 27.7. The third kappa shape index (κ3) is 10.5. The Labute approximate surface area is 207 Å². The molecule has 0 saturated carbocycles. The first-order valence-corrected chi connectivity index (χ1v) is 11.8. The van der Waals surface area contributed by atoms with Crippen LogP contribution in [-0.2, 0) is 20.9 Å². The lowest BCUT2D eigenvalue weighted by molar-refractivity contribution is -0.122. The molecule has 0 spiro atoms. The molecule has 0 aliphatic rings. The molecule has 0 heterocycles. The summed E-state index contributed by atoms with van der Waals surface area (Å²) in [7, 11) is 0. The molecule has 0 aliphatic carbocycles.